The van der Waals surface area contributed by atoms with Crippen molar-refractivity contribution >= 4 is 0 Å². The first-order valence-electron chi connectivity index (χ1n) is 4.24. The maximum atomic E-state index is 12.8. The molecule has 0 rings (SSSR count). The second-order valence-electron chi connectivity index (χ2n) is 2.75. The fourth-order valence-electron chi connectivity index (χ4n) is 0.676. The lowest BCUT2D eigenvalue weighted by Crippen LogP contribution is -1.85. The van der Waals surface area contributed by atoms with Crippen molar-refractivity contribution in [2.24, 2.45) is 5.92 Å². The van der Waals surface area contributed by atoms with Crippen molar-refractivity contribution < 1.29 is 4.39 Å². The van der Waals surface area contributed by atoms with Gasteiger partial charge in [-0.05, 0) is 30.9 Å². The van der Waals surface area contributed by atoms with Crippen LogP contribution in [0.1, 0.15) is 33.6 Å². The van der Waals surface area contributed by atoms with Crippen LogP contribution in [0.25, 0.3) is 0 Å². The van der Waals surface area contributed by atoms with Crippen LogP contribution in [0.2, 0.25) is 0 Å². The number of hydrogen-bond donors (Lipinski definition) is 0. The van der Waals surface area contributed by atoms with Crippen LogP contribution in [0, 0.1) is 5.92 Å². The van der Waals surface area contributed by atoms with Gasteiger partial charge in [0.1, 0.15) is 5.83 Å². The molecule has 0 aromatic carbocycles. The van der Waals surface area contributed by atoms with E-state index >= 15 is 0 Å². The first-order valence-corrected chi connectivity index (χ1v) is 4.24. The Kier molecular flexibility index (Phi) is 5.81. The predicted octanol–water partition coefficient (Wildman–Crippen LogP) is 3.85. The van der Waals surface area contributed by atoms with E-state index in [1.807, 2.05) is 19.9 Å². The molecule has 0 aliphatic rings. The molecule has 0 amide bonds. The van der Waals surface area contributed by atoms with Crippen LogP contribution in [0.4, 0.5) is 4.39 Å². The van der Waals surface area contributed by atoms with Gasteiger partial charge in [0.2, 0.25) is 0 Å². The lowest BCUT2D eigenvalue weighted by Gasteiger charge is -1.98. The van der Waals surface area contributed by atoms with Crippen molar-refractivity contribution in [1.29, 1.82) is 0 Å². The molecule has 0 aromatic rings. The van der Waals surface area contributed by atoms with Crippen molar-refractivity contribution in [3.8, 4) is 0 Å². The average Bonchev–Trinajstić information content (AvgIpc) is 2.00. The van der Waals surface area contributed by atoms with Crippen LogP contribution >= 0.6 is 0 Å². The zero-order valence-corrected chi connectivity index (χ0v) is 7.60. The van der Waals surface area contributed by atoms with Crippen molar-refractivity contribution in [2.75, 3.05) is 0 Å². The standard InChI is InChI=1S/C10H17F/c1-4-6-7-10(11)8-9(3)5-2/h6-9H,4-5H2,1-3H3/b7-6-,10-8+. The summed E-state index contributed by atoms with van der Waals surface area (Å²) in [6, 6.07) is 0. The maximum absolute atomic E-state index is 12.8. The highest BCUT2D eigenvalue weighted by atomic mass is 19.1. The smallest absolute Gasteiger partial charge is 0.119 e. The molecule has 0 aliphatic heterocycles. The highest BCUT2D eigenvalue weighted by Gasteiger charge is 1.94. The summed E-state index contributed by atoms with van der Waals surface area (Å²) in [5, 5.41) is 0. The first kappa shape index (κ1) is 10.4. The number of halogens is 1. The van der Waals surface area contributed by atoms with E-state index < -0.39 is 0 Å². The van der Waals surface area contributed by atoms with Crippen molar-refractivity contribution in [2.45, 2.75) is 33.6 Å². The van der Waals surface area contributed by atoms with Gasteiger partial charge < -0.3 is 0 Å². The molecule has 0 aromatic heterocycles. The Morgan fingerprint density at radius 2 is 2.09 bits per heavy atom. The van der Waals surface area contributed by atoms with E-state index in [1.165, 1.54) is 6.08 Å². The molecule has 0 N–H and O–H groups in total. The van der Waals surface area contributed by atoms with Gasteiger partial charge in [-0.15, -0.1) is 0 Å². The Balaban J connectivity index is 3.89. The second-order valence-corrected chi connectivity index (χ2v) is 2.75. The molecule has 11 heavy (non-hydrogen) atoms. The summed E-state index contributed by atoms with van der Waals surface area (Å²) >= 11 is 0. The first-order chi connectivity index (χ1) is 5.20. The fraction of sp³-hybridized carbons (Fsp3) is 0.600. The molecule has 0 spiro atoms. The summed E-state index contributed by atoms with van der Waals surface area (Å²) in [6.45, 7) is 6.06. The number of allylic oxidation sites excluding steroid dienone is 4. The van der Waals surface area contributed by atoms with Crippen LogP contribution in [-0.2, 0) is 0 Å². The summed E-state index contributed by atoms with van der Waals surface area (Å²) in [5.41, 5.74) is 0. The normalized spacial score (nSPS) is 15.8. The Labute approximate surface area is 68.8 Å². The van der Waals surface area contributed by atoms with Gasteiger partial charge in [0.25, 0.3) is 0 Å². The molecule has 0 heterocycles. The van der Waals surface area contributed by atoms with Gasteiger partial charge in [0.15, 0.2) is 0 Å². The van der Waals surface area contributed by atoms with E-state index in [1.54, 1.807) is 6.08 Å². The van der Waals surface area contributed by atoms with E-state index in [2.05, 4.69) is 6.92 Å². The van der Waals surface area contributed by atoms with Crippen molar-refractivity contribution in [3.63, 3.8) is 0 Å². The molecule has 0 fully saturated rings. The molecule has 0 saturated heterocycles. The molecule has 1 atom stereocenters. The van der Waals surface area contributed by atoms with E-state index in [4.69, 9.17) is 0 Å². The maximum Gasteiger partial charge on any atom is 0.119 e. The highest BCUT2D eigenvalue weighted by Crippen LogP contribution is 2.08. The topological polar surface area (TPSA) is 0 Å². The van der Waals surface area contributed by atoms with Crippen molar-refractivity contribution in [3.05, 3.63) is 24.1 Å². The molecule has 1 heteroatoms. The fourth-order valence-corrected chi connectivity index (χ4v) is 0.676. The zero-order valence-electron chi connectivity index (χ0n) is 7.60. The molecule has 1 unspecified atom stereocenters. The van der Waals surface area contributed by atoms with Crippen LogP contribution in [0.15, 0.2) is 24.1 Å². The Morgan fingerprint density at radius 3 is 2.55 bits per heavy atom. The lowest BCUT2D eigenvalue weighted by molar-refractivity contribution is 0.620. The molecule has 64 valence electrons. The van der Waals surface area contributed by atoms with Gasteiger partial charge in [-0.3, -0.25) is 0 Å². The highest BCUT2D eigenvalue weighted by molar-refractivity contribution is 5.11. The third kappa shape index (κ3) is 5.84. The number of rotatable bonds is 4. The Morgan fingerprint density at radius 1 is 1.45 bits per heavy atom. The SMILES string of the molecule is CC/C=C\C(F)=C/C(C)CC. The van der Waals surface area contributed by atoms with Gasteiger partial charge >= 0.3 is 0 Å². The van der Waals surface area contributed by atoms with Crippen LogP contribution < -0.4 is 0 Å². The molecule has 0 nitrogen and oxygen atoms in total. The van der Waals surface area contributed by atoms with Crippen LogP contribution in [0.3, 0.4) is 0 Å². The molecular weight excluding hydrogens is 139 g/mol. The summed E-state index contributed by atoms with van der Waals surface area (Å²) in [6.07, 6.45) is 6.90. The molecule has 0 aliphatic carbocycles. The quantitative estimate of drug-likeness (QED) is 0.542. The predicted molar refractivity (Wildman–Crippen MR) is 48.1 cm³/mol. The second kappa shape index (κ2) is 6.14. The minimum absolute atomic E-state index is 0.110. The molecule has 0 radical (unpaired) electrons. The van der Waals surface area contributed by atoms with E-state index in [0.717, 1.165) is 12.8 Å². The largest absolute Gasteiger partial charge is 0.207 e. The third-order valence-electron chi connectivity index (χ3n) is 1.60. The minimum Gasteiger partial charge on any atom is -0.207 e. The summed E-state index contributed by atoms with van der Waals surface area (Å²) < 4.78 is 12.8. The summed E-state index contributed by atoms with van der Waals surface area (Å²) in [7, 11) is 0. The van der Waals surface area contributed by atoms with Crippen LogP contribution in [0.5, 0.6) is 0 Å². The average molecular weight is 156 g/mol. The Bertz CT molecular complexity index is 145. The van der Waals surface area contributed by atoms with E-state index in [-0.39, 0.29) is 5.83 Å². The van der Waals surface area contributed by atoms with E-state index in [0.29, 0.717) is 5.92 Å². The third-order valence-corrected chi connectivity index (χ3v) is 1.60. The molecule has 0 saturated carbocycles. The van der Waals surface area contributed by atoms with E-state index in [9.17, 15) is 4.39 Å². The van der Waals surface area contributed by atoms with Gasteiger partial charge in [0, 0.05) is 0 Å². The summed E-state index contributed by atoms with van der Waals surface area (Å²) in [4.78, 5) is 0. The lowest BCUT2D eigenvalue weighted by atomic mass is 10.1. The van der Waals surface area contributed by atoms with Gasteiger partial charge in [-0.25, -0.2) is 4.39 Å². The zero-order chi connectivity index (χ0) is 8.69. The van der Waals surface area contributed by atoms with Crippen molar-refractivity contribution in [1.82, 2.24) is 0 Å². The van der Waals surface area contributed by atoms with Gasteiger partial charge in [-0.2, -0.15) is 0 Å². The Hall–Kier alpha value is -0.590. The van der Waals surface area contributed by atoms with Gasteiger partial charge in [-0.1, -0.05) is 26.8 Å². The monoisotopic (exact) mass is 156 g/mol. The van der Waals surface area contributed by atoms with Crippen LogP contribution in [-0.4, -0.2) is 0 Å². The van der Waals surface area contributed by atoms with Gasteiger partial charge in [0.05, 0.1) is 0 Å². The minimum atomic E-state index is -0.110. The number of hydrogen-bond acceptors (Lipinski definition) is 0. The molecule has 0 bridgehead atoms. The molecular formula is C10H17F. The summed E-state index contributed by atoms with van der Waals surface area (Å²) in [5.74, 6) is 0.234.